The topological polar surface area (TPSA) is 12.0 Å². The molecule has 86 valence electrons. The van der Waals surface area contributed by atoms with E-state index in [9.17, 15) is 0 Å². The van der Waals surface area contributed by atoms with Crippen molar-refractivity contribution in [3.63, 3.8) is 0 Å². The van der Waals surface area contributed by atoms with Crippen LogP contribution in [0.15, 0.2) is 12.1 Å². The molecule has 15 heavy (non-hydrogen) atoms. The summed E-state index contributed by atoms with van der Waals surface area (Å²) in [6.45, 7) is 7.80. The third-order valence-corrected chi connectivity index (χ3v) is 4.82. The summed E-state index contributed by atoms with van der Waals surface area (Å²) in [5.74, 6) is 0. The molecular weight excluding hydrogens is 222 g/mol. The molecule has 3 heteroatoms. The van der Waals surface area contributed by atoms with Gasteiger partial charge >= 0.3 is 0 Å². The quantitative estimate of drug-likeness (QED) is 0.814. The van der Waals surface area contributed by atoms with Crippen LogP contribution in [0.25, 0.3) is 0 Å². The van der Waals surface area contributed by atoms with E-state index >= 15 is 0 Å². The Bertz CT molecular complexity index is 283. The van der Waals surface area contributed by atoms with Crippen LogP contribution in [0.1, 0.15) is 36.1 Å². The Kier molecular flexibility index (Phi) is 5.72. The zero-order valence-electron chi connectivity index (χ0n) is 10.0. The second-order valence-electron chi connectivity index (χ2n) is 3.96. The van der Waals surface area contributed by atoms with Crippen LogP contribution < -0.4 is 5.32 Å². The van der Waals surface area contributed by atoms with Crippen molar-refractivity contribution in [2.45, 2.75) is 38.5 Å². The molecule has 2 unspecified atom stereocenters. The lowest BCUT2D eigenvalue weighted by molar-refractivity contribution is 0.564. The maximum atomic E-state index is 3.57. The van der Waals surface area contributed by atoms with Crippen LogP contribution in [0.2, 0.25) is 0 Å². The lowest BCUT2D eigenvalue weighted by Gasteiger charge is -2.14. The van der Waals surface area contributed by atoms with Crippen molar-refractivity contribution >= 4 is 23.1 Å². The van der Waals surface area contributed by atoms with E-state index < -0.39 is 0 Å². The molecule has 0 aliphatic carbocycles. The van der Waals surface area contributed by atoms with Crippen LogP contribution in [0.4, 0.5) is 0 Å². The molecule has 1 heterocycles. The zero-order valence-corrected chi connectivity index (χ0v) is 11.7. The first kappa shape index (κ1) is 13.1. The minimum absolute atomic E-state index is 0.498. The van der Waals surface area contributed by atoms with Gasteiger partial charge in [0.2, 0.25) is 0 Å². The number of rotatable bonds is 6. The third-order valence-electron chi connectivity index (χ3n) is 2.59. The molecule has 0 spiro atoms. The molecule has 0 saturated carbocycles. The van der Waals surface area contributed by atoms with Gasteiger partial charge in [-0.05, 0) is 45.2 Å². The monoisotopic (exact) mass is 243 g/mol. The molecule has 1 N–H and O–H groups in total. The Morgan fingerprint density at radius 2 is 2.13 bits per heavy atom. The summed E-state index contributed by atoms with van der Waals surface area (Å²) >= 11 is 3.83. The number of thiophene rings is 1. The molecule has 2 atom stereocenters. The van der Waals surface area contributed by atoms with Crippen molar-refractivity contribution in [1.82, 2.24) is 5.32 Å². The summed E-state index contributed by atoms with van der Waals surface area (Å²) in [6.07, 6.45) is 3.42. The van der Waals surface area contributed by atoms with Crippen molar-refractivity contribution in [1.29, 1.82) is 0 Å². The SMILES string of the molecule is CSC(C)CCNC(C)c1ccc(C)s1. The van der Waals surface area contributed by atoms with Crippen molar-refractivity contribution < 1.29 is 0 Å². The minimum atomic E-state index is 0.498. The lowest BCUT2D eigenvalue weighted by atomic mass is 10.2. The smallest absolute Gasteiger partial charge is 0.0386 e. The highest BCUT2D eigenvalue weighted by Gasteiger charge is 2.07. The number of thioether (sulfide) groups is 1. The first-order chi connectivity index (χ1) is 7.13. The largest absolute Gasteiger partial charge is 0.309 e. The van der Waals surface area contributed by atoms with Crippen LogP contribution in [-0.2, 0) is 0 Å². The molecule has 0 radical (unpaired) electrons. The third kappa shape index (κ3) is 4.58. The lowest BCUT2D eigenvalue weighted by Crippen LogP contribution is -2.21. The number of nitrogens with one attached hydrogen (secondary N) is 1. The van der Waals surface area contributed by atoms with Gasteiger partial charge < -0.3 is 5.32 Å². The minimum Gasteiger partial charge on any atom is -0.309 e. The fraction of sp³-hybridized carbons (Fsp3) is 0.667. The van der Waals surface area contributed by atoms with Gasteiger partial charge in [-0.2, -0.15) is 11.8 Å². The van der Waals surface area contributed by atoms with E-state index in [0.717, 1.165) is 11.8 Å². The summed E-state index contributed by atoms with van der Waals surface area (Å²) in [4.78, 5) is 2.85. The van der Waals surface area contributed by atoms with E-state index in [2.05, 4.69) is 44.5 Å². The maximum absolute atomic E-state index is 3.57. The second kappa shape index (κ2) is 6.56. The van der Waals surface area contributed by atoms with Crippen LogP contribution in [-0.4, -0.2) is 18.1 Å². The van der Waals surface area contributed by atoms with E-state index in [1.165, 1.54) is 16.2 Å². The van der Waals surface area contributed by atoms with Gasteiger partial charge in [-0.3, -0.25) is 0 Å². The molecule has 1 aromatic heterocycles. The van der Waals surface area contributed by atoms with Crippen molar-refractivity contribution in [3.8, 4) is 0 Å². The Balaban J connectivity index is 2.27. The zero-order chi connectivity index (χ0) is 11.3. The summed E-state index contributed by atoms with van der Waals surface area (Å²) in [5.41, 5.74) is 0. The predicted octanol–water partition coefficient (Wildman–Crippen LogP) is 3.85. The molecule has 0 aromatic carbocycles. The number of hydrogen-bond donors (Lipinski definition) is 1. The van der Waals surface area contributed by atoms with Crippen LogP contribution in [0.5, 0.6) is 0 Å². The highest BCUT2D eigenvalue weighted by molar-refractivity contribution is 7.99. The van der Waals surface area contributed by atoms with E-state index in [1.807, 2.05) is 23.1 Å². The molecule has 0 aliphatic rings. The molecule has 1 aromatic rings. The fourth-order valence-corrected chi connectivity index (χ4v) is 2.67. The van der Waals surface area contributed by atoms with Gasteiger partial charge in [0.15, 0.2) is 0 Å². The average Bonchev–Trinajstić information content (AvgIpc) is 2.64. The number of aryl methyl sites for hydroxylation is 1. The fourth-order valence-electron chi connectivity index (χ4n) is 1.41. The Hall–Kier alpha value is 0.01000. The van der Waals surface area contributed by atoms with Gasteiger partial charge in [-0.1, -0.05) is 6.92 Å². The summed E-state index contributed by atoms with van der Waals surface area (Å²) in [5, 5.41) is 4.33. The van der Waals surface area contributed by atoms with E-state index in [1.54, 1.807) is 0 Å². The molecule has 0 amide bonds. The maximum Gasteiger partial charge on any atom is 0.0386 e. The molecule has 1 nitrogen and oxygen atoms in total. The standard InChI is InChI=1S/C12H21NS2/c1-9(14-4)7-8-13-11(3)12-6-5-10(2)15-12/h5-6,9,11,13H,7-8H2,1-4H3. The highest BCUT2D eigenvalue weighted by atomic mass is 32.2. The van der Waals surface area contributed by atoms with Crippen molar-refractivity contribution in [3.05, 3.63) is 21.9 Å². The van der Waals surface area contributed by atoms with Gasteiger partial charge in [0, 0.05) is 21.0 Å². The summed E-state index contributed by atoms with van der Waals surface area (Å²) in [7, 11) is 0. The van der Waals surface area contributed by atoms with Gasteiger partial charge in [-0.25, -0.2) is 0 Å². The van der Waals surface area contributed by atoms with Gasteiger partial charge in [0.1, 0.15) is 0 Å². The summed E-state index contributed by atoms with van der Waals surface area (Å²) in [6, 6.07) is 4.93. The Morgan fingerprint density at radius 1 is 1.40 bits per heavy atom. The first-order valence-electron chi connectivity index (χ1n) is 5.46. The second-order valence-corrected chi connectivity index (χ2v) is 6.55. The van der Waals surface area contributed by atoms with E-state index in [-0.39, 0.29) is 0 Å². The van der Waals surface area contributed by atoms with Crippen LogP contribution in [0, 0.1) is 6.92 Å². The molecular formula is C12H21NS2. The molecule has 0 saturated heterocycles. The van der Waals surface area contributed by atoms with E-state index in [0.29, 0.717) is 6.04 Å². The van der Waals surface area contributed by atoms with Crippen molar-refractivity contribution in [2.24, 2.45) is 0 Å². The Morgan fingerprint density at radius 3 is 2.67 bits per heavy atom. The summed E-state index contributed by atoms with van der Waals surface area (Å²) < 4.78 is 0. The van der Waals surface area contributed by atoms with Crippen LogP contribution >= 0.6 is 23.1 Å². The molecule has 0 bridgehead atoms. The predicted molar refractivity (Wildman–Crippen MR) is 73.1 cm³/mol. The van der Waals surface area contributed by atoms with E-state index in [4.69, 9.17) is 0 Å². The molecule has 0 fully saturated rings. The normalized spacial score (nSPS) is 15.2. The van der Waals surface area contributed by atoms with Crippen molar-refractivity contribution in [2.75, 3.05) is 12.8 Å². The highest BCUT2D eigenvalue weighted by Crippen LogP contribution is 2.22. The molecule has 0 aliphatic heterocycles. The van der Waals surface area contributed by atoms with Crippen LogP contribution in [0.3, 0.4) is 0 Å². The van der Waals surface area contributed by atoms with Gasteiger partial charge in [0.05, 0.1) is 0 Å². The first-order valence-corrected chi connectivity index (χ1v) is 7.56. The number of hydrogen-bond acceptors (Lipinski definition) is 3. The Labute approximate surface area is 102 Å². The average molecular weight is 243 g/mol. The van der Waals surface area contributed by atoms with Gasteiger partial charge in [-0.15, -0.1) is 11.3 Å². The van der Waals surface area contributed by atoms with Gasteiger partial charge in [0.25, 0.3) is 0 Å². The molecule has 1 rings (SSSR count).